The first-order valence-corrected chi connectivity index (χ1v) is 8.00. The van der Waals surface area contributed by atoms with E-state index in [1.54, 1.807) is 6.92 Å². The summed E-state index contributed by atoms with van der Waals surface area (Å²) < 4.78 is 11.8. The molecule has 0 aliphatic carbocycles. The molecule has 1 heterocycles. The third kappa shape index (κ3) is 4.60. The first kappa shape index (κ1) is 17.1. The number of aliphatic hydroxyl groups is 1. The molecule has 1 aromatic rings. The van der Waals surface area contributed by atoms with Crippen LogP contribution in [-0.2, 0) is 9.47 Å². The van der Waals surface area contributed by atoms with E-state index in [0.717, 1.165) is 32.1 Å². The van der Waals surface area contributed by atoms with Gasteiger partial charge < -0.3 is 24.8 Å². The molecule has 5 nitrogen and oxygen atoms in total. The standard InChI is InChI=1S/C17H26O5/c1-3-13-10-14(6-4-5-11(2)18)22-17(21-13)15-9-12(19)7-8-16(15)20/h7-9,11,13-14,17-20H,3-6,10H2,1-2H3/t11-,13?,14?,17?/m0/s1. The maximum Gasteiger partial charge on any atom is 0.188 e. The zero-order valence-corrected chi connectivity index (χ0v) is 13.2. The molecule has 1 aliphatic heterocycles. The molecule has 0 amide bonds. The fourth-order valence-electron chi connectivity index (χ4n) is 2.75. The Morgan fingerprint density at radius 3 is 2.64 bits per heavy atom. The van der Waals surface area contributed by atoms with Crippen molar-refractivity contribution in [3.05, 3.63) is 23.8 Å². The van der Waals surface area contributed by atoms with Crippen molar-refractivity contribution >= 4 is 0 Å². The molecule has 0 saturated carbocycles. The number of aliphatic hydroxyl groups excluding tert-OH is 1. The third-order valence-corrected chi connectivity index (χ3v) is 4.03. The number of phenolic OH excluding ortho intramolecular Hbond substituents is 2. The molecule has 1 saturated heterocycles. The van der Waals surface area contributed by atoms with Gasteiger partial charge in [-0.1, -0.05) is 6.92 Å². The zero-order valence-electron chi connectivity index (χ0n) is 13.2. The summed E-state index contributed by atoms with van der Waals surface area (Å²) in [7, 11) is 0. The quantitative estimate of drug-likeness (QED) is 0.703. The molecule has 0 bridgehead atoms. The highest BCUT2D eigenvalue weighted by Gasteiger charge is 2.31. The number of rotatable bonds is 6. The second-order valence-electron chi connectivity index (χ2n) is 6.02. The van der Waals surface area contributed by atoms with E-state index in [9.17, 15) is 15.3 Å². The lowest BCUT2D eigenvalue weighted by Gasteiger charge is -2.36. The third-order valence-electron chi connectivity index (χ3n) is 4.03. The van der Waals surface area contributed by atoms with E-state index in [1.807, 2.05) is 0 Å². The van der Waals surface area contributed by atoms with Gasteiger partial charge in [0.25, 0.3) is 0 Å². The Kier molecular flexibility index (Phi) is 6.06. The van der Waals surface area contributed by atoms with E-state index in [1.165, 1.54) is 18.2 Å². The maximum absolute atomic E-state index is 9.98. The Bertz CT molecular complexity index is 474. The van der Waals surface area contributed by atoms with Crippen molar-refractivity contribution in [3.63, 3.8) is 0 Å². The van der Waals surface area contributed by atoms with E-state index < -0.39 is 6.29 Å². The fourth-order valence-corrected chi connectivity index (χ4v) is 2.75. The molecule has 0 radical (unpaired) electrons. The molecule has 3 N–H and O–H groups in total. The average molecular weight is 310 g/mol. The monoisotopic (exact) mass is 310 g/mol. The van der Waals surface area contributed by atoms with Crippen molar-refractivity contribution in [3.8, 4) is 11.5 Å². The lowest BCUT2D eigenvalue weighted by molar-refractivity contribution is -0.249. The summed E-state index contributed by atoms with van der Waals surface area (Å²) in [6, 6.07) is 4.35. The normalized spacial score (nSPS) is 26.8. The van der Waals surface area contributed by atoms with Crippen LogP contribution in [0.2, 0.25) is 0 Å². The van der Waals surface area contributed by atoms with Gasteiger partial charge in [-0.15, -0.1) is 0 Å². The molecule has 2 rings (SSSR count). The summed E-state index contributed by atoms with van der Waals surface area (Å²) in [6.07, 6.45) is 3.30. The van der Waals surface area contributed by atoms with Crippen LogP contribution in [0.15, 0.2) is 18.2 Å². The predicted molar refractivity (Wildman–Crippen MR) is 82.7 cm³/mol. The predicted octanol–water partition coefficient (Wildman–Crippen LogP) is 3.23. The van der Waals surface area contributed by atoms with Crippen LogP contribution >= 0.6 is 0 Å². The molecule has 1 aromatic carbocycles. The van der Waals surface area contributed by atoms with Crippen LogP contribution in [0.3, 0.4) is 0 Å². The van der Waals surface area contributed by atoms with E-state index in [-0.39, 0.29) is 29.8 Å². The summed E-state index contributed by atoms with van der Waals surface area (Å²) in [6.45, 7) is 3.84. The number of hydrogen-bond acceptors (Lipinski definition) is 5. The van der Waals surface area contributed by atoms with Crippen LogP contribution in [0.1, 0.15) is 57.8 Å². The Morgan fingerprint density at radius 2 is 1.95 bits per heavy atom. The summed E-state index contributed by atoms with van der Waals surface area (Å²) in [5.74, 6) is 0.131. The van der Waals surface area contributed by atoms with Gasteiger partial charge in [0.15, 0.2) is 6.29 Å². The minimum Gasteiger partial charge on any atom is -0.508 e. The van der Waals surface area contributed by atoms with Crippen molar-refractivity contribution in [2.45, 2.75) is 70.6 Å². The van der Waals surface area contributed by atoms with Gasteiger partial charge in [-0.25, -0.2) is 0 Å². The second kappa shape index (κ2) is 7.81. The van der Waals surface area contributed by atoms with Gasteiger partial charge in [0.1, 0.15) is 11.5 Å². The van der Waals surface area contributed by atoms with Gasteiger partial charge in [0.2, 0.25) is 0 Å². The molecule has 5 heteroatoms. The van der Waals surface area contributed by atoms with Gasteiger partial charge in [0.05, 0.1) is 23.9 Å². The lowest BCUT2D eigenvalue weighted by Crippen LogP contribution is -2.33. The van der Waals surface area contributed by atoms with Gasteiger partial charge >= 0.3 is 0 Å². The minimum absolute atomic E-state index is 0.0317. The molecule has 4 atom stereocenters. The number of aromatic hydroxyl groups is 2. The van der Waals surface area contributed by atoms with Crippen molar-refractivity contribution in [1.82, 2.24) is 0 Å². The van der Waals surface area contributed by atoms with Crippen molar-refractivity contribution in [1.29, 1.82) is 0 Å². The molecule has 1 aliphatic rings. The number of ether oxygens (including phenoxy) is 2. The first-order valence-electron chi connectivity index (χ1n) is 8.00. The van der Waals surface area contributed by atoms with E-state index in [2.05, 4.69) is 6.92 Å². The summed E-state index contributed by atoms with van der Waals surface area (Å²) in [5, 5.41) is 28.9. The topological polar surface area (TPSA) is 79.2 Å². The van der Waals surface area contributed by atoms with Gasteiger partial charge in [-0.05, 0) is 50.8 Å². The van der Waals surface area contributed by atoms with Crippen molar-refractivity contribution in [2.75, 3.05) is 0 Å². The smallest absolute Gasteiger partial charge is 0.188 e. The van der Waals surface area contributed by atoms with E-state index >= 15 is 0 Å². The number of benzene rings is 1. The Morgan fingerprint density at radius 1 is 1.23 bits per heavy atom. The number of phenols is 2. The highest BCUT2D eigenvalue weighted by molar-refractivity contribution is 5.39. The fraction of sp³-hybridized carbons (Fsp3) is 0.647. The molecular weight excluding hydrogens is 284 g/mol. The van der Waals surface area contributed by atoms with Crippen LogP contribution in [-0.4, -0.2) is 33.6 Å². The molecule has 0 aromatic heterocycles. The molecule has 124 valence electrons. The Hall–Kier alpha value is -1.30. The van der Waals surface area contributed by atoms with Crippen LogP contribution in [0.25, 0.3) is 0 Å². The minimum atomic E-state index is -0.664. The molecule has 1 fully saturated rings. The lowest BCUT2D eigenvalue weighted by atomic mass is 10.0. The first-order chi connectivity index (χ1) is 10.5. The van der Waals surface area contributed by atoms with E-state index in [4.69, 9.17) is 9.47 Å². The van der Waals surface area contributed by atoms with E-state index in [0.29, 0.717) is 5.56 Å². The zero-order chi connectivity index (χ0) is 16.1. The highest BCUT2D eigenvalue weighted by Crippen LogP contribution is 2.37. The van der Waals surface area contributed by atoms with Gasteiger partial charge in [-0.2, -0.15) is 0 Å². The van der Waals surface area contributed by atoms with Crippen LogP contribution in [0, 0.1) is 0 Å². The SMILES string of the molecule is CCC1CC(CCC[C@H](C)O)OC(c2cc(O)ccc2O)O1. The molecule has 3 unspecified atom stereocenters. The van der Waals surface area contributed by atoms with Crippen molar-refractivity contribution < 1.29 is 24.8 Å². The number of hydrogen-bond donors (Lipinski definition) is 3. The summed E-state index contributed by atoms with van der Waals surface area (Å²) in [5.41, 5.74) is 0.457. The van der Waals surface area contributed by atoms with Gasteiger partial charge in [0, 0.05) is 6.42 Å². The molecule has 22 heavy (non-hydrogen) atoms. The summed E-state index contributed by atoms with van der Waals surface area (Å²) >= 11 is 0. The van der Waals surface area contributed by atoms with Crippen LogP contribution in [0.5, 0.6) is 11.5 Å². The molecular formula is C17H26O5. The highest BCUT2D eigenvalue weighted by atomic mass is 16.7. The largest absolute Gasteiger partial charge is 0.508 e. The summed E-state index contributed by atoms with van der Waals surface area (Å²) in [4.78, 5) is 0. The van der Waals surface area contributed by atoms with Crippen LogP contribution < -0.4 is 0 Å². The Labute approximate surface area is 131 Å². The molecule has 0 spiro atoms. The maximum atomic E-state index is 9.98. The average Bonchev–Trinajstić information content (AvgIpc) is 2.49. The second-order valence-corrected chi connectivity index (χ2v) is 6.02. The van der Waals surface area contributed by atoms with Crippen molar-refractivity contribution in [2.24, 2.45) is 0 Å². The Balaban J connectivity index is 2.05. The van der Waals surface area contributed by atoms with Crippen LogP contribution in [0.4, 0.5) is 0 Å². The van der Waals surface area contributed by atoms with Gasteiger partial charge in [-0.3, -0.25) is 0 Å².